The first-order valence-corrected chi connectivity index (χ1v) is 7.45. The van der Waals surface area contributed by atoms with Crippen LogP contribution in [-0.4, -0.2) is 12.2 Å². The molecule has 0 aliphatic rings. The molecular weight excluding hydrogens is 274 g/mol. The van der Waals surface area contributed by atoms with Crippen LogP contribution in [0.25, 0.3) is 5.57 Å². The molecule has 0 aliphatic heterocycles. The van der Waals surface area contributed by atoms with E-state index < -0.39 is 0 Å². The number of ether oxygens (including phenoxy) is 1. The van der Waals surface area contributed by atoms with Gasteiger partial charge >= 0.3 is 0 Å². The van der Waals surface area contributed by atoms with Crippen molar-refractivity contribution in [3.05, 3.63) is 65.7 Å². The summed E-state index contributed by atoms with van der Waals surface area (Å²) in [4.78, 5) is 0. The second-order valence-corrected chi connectivity index (χ2v) is 4.67. The zero-order chi connectivity index (χ0) is 16.5. The van der Waals surface area contributed by atoms with Gasteiger partial charge in [0.15, 0.2) is 0 Å². The van der Waals surface area contributed by atoms with E-state index in [0.29, 0.717) is 6.42 Å². The van der Waals surface area contributed by atoms with Crippen molar-refractivity contribution < 1.29 is 9.84 Å². The number of aliphatic hydroxyl groups is 1. The quantitative estimate of drug-likeness (QED) is 0.819. The molecule has 0 aromatic heterocycles. The van der Waals surface area contributed by atoms with E-state index in [9.17, 15) is 0 Å². The summed E-state index contributed by atoms with van der Waals surface area (Å²) < 4.78 is 5.37. The van der Waals surface area contributed by atoms with Crippen LogP contribution in [-0.2, 0) is 13.0 Å². The lowest BCUT2D eigenvalue weighted by Crippen LogP contribution is -1.98. The lowest BCUT2D eigenvalue weighted by molar-refractivity contribution is 0.281. The van der Waals surface area contributed by atoms with Crippen molar-refractivity contribution in [1.29, 1.82) is 0 Å². The highest BCUT2D eigenvalue weighted by molar-refractivity contribution is 5.75. The molecule has 0 radical (unpaired) electrons. The number of para-hydroxylation sites is 1. The second kappa shape index (κ2) is 8.90. The molecule has 0 unspecified atom stereocenters. The van der Waals surface area contributed by atoms with Crippen LogP contribution in [0, 0.1) is 0 Å². The molecular formula is C19H25NO2. The zero-order valence-corrected chi connectivity index (χ0v) is 13.6. The summed E-state index contributed by atoms with van der Waals surface area (Å²) in [5.74, 6) is 0.757. The number of methoxy groups -OCH3 is 1. The van der Waals surface area contributed by atoms with E-state index in [-0.39, 0.29) is 6.61 Å². The fourth-order valence-electron chi connectivity index (χ4n) is 2.18. The lowest BCUT2D eigenvalue weighted by atomic mass is 9.97. The monoisotopic (exact) mass is 299 g/mol. The first kappa shape index (κ1) is 17.8. The number of nitrogen functional groups attached to an aromatic ring is 1. The normalized spacial score (nSPS) is 9.64. The molecule has 118 valence electrons. The first-order valence-electron chi connectivity index (χ1n) is 7.45. The van der Waals surface area contributed by atoms with Crippen LogP contribution >= 0.6 is 0 Å². The van der Waals surface area contributed by atoms with Gasteiger partial charge in [0.2, 0.25) is 0 Å². The number of benzene rings is 2. The molecule has 0 amide bonds. The average Bonchev–Trinajstić information content (AvgIpc) is 2.57. The highest BCUT2D eigenvalue weighted by Crippen LogP contribution is 2.28. The van der Waals surface area contributed by atoms with E-state index in [4.69, 9.17) is 15.6 Å². The molecule has 2 rings (SSSR count). The topological polar surface area (TPSA) is 55.5 Å². The number of hydrogen-bond acceptors (Lipinski definition) is 3. The number of aliphatic hydroxyl groups excluding tert-OH is 1. The van der Waals surface area contributed by atoms with Crippen molar-refractivity contribution >= 4 is 11.3 Å². The molecule has 0 spiro atoms. The molecule has 3 nitrogen and oxygen atoms in total. The number of anilines is 1. The Balaban J connectivity index is 0.00000116. The van der Waals surface area contributed by atoms with E-state index in [1.54, 1.807) is 7.11 Å². The van der Waals surface area contributed by atoms with Gasteiger partial charge in [0.05, 0.1) is 13.7 Å². The molecule has 0 bridgehead atoms. The van der Waals surface area contributed by atoms with Crippen LogP contribution in [0.5, 0.6) is 5.75 Å². The summed E-state index contributed by atoms with van der Waals surface area (Å²) in [5, 5.41) is 9.16. The van der Waals surface area contributed by atoms with Crippen molar-refractivity contribution in [3.63, 3.8) is 0 Å². The predicted molar refractivity (Wildman–Crippen MR) is 93.9 cm³/mol. The molecule has 0 aliphatic carbocycles. The van der Waals surface area contributed by atoms with Gasteiger partial charge in [0.1, 0.15) is 5.75 Å². The number of hydrogen-bond donors (Lipinski definition) is 2. The molecule has 0 saturated heterocycles. The Bertz CT molecular complexity index is 621. The molecule has 2 aromatic carbocycles. The third-order valence-corrected chi connectivity index (χ3v) is 3.28. The van der Waals surface area contributed by atoms with Crippen molar-refractivity contribution in [2.75, 3.05) is 12.8 Å². The Hall–Kier alpha value is -2.26. The number of rotatable bonds is 5. The van der Waals surface area contributed by atoms with Gasteiger partial charge in [-0.3, -0.25) is 0 Å². The fraction of sp³-hybridized carbons (Fsp3) is 0.263. The second-order valence-electron chi connectivity index (χ2n) is 4.67. The molecule has 0 fully saturated rings. The molecule has 3 heteroatoms. The largest absolute Gasteiger partial charge is 0.496 e. The van der Waals surface area contributed by atoms with E-state index >= 15 is 0 Å². The van der Waals surface area contributed by atoms with Crippen molar-refractivity contribution in [2.45, 2.75) is 26.9 Å². The van der Waals surface area contributed by atoms with Crippen LogP contribution in [0.1, 0.15) is 30.5 Å². The van der Waals surface area contributed by atoms with Gasteiger partial charge < -0.3 is 15.6 Å². The zero-order valence-electron chi connectivity index (χ0n) is 13.6. The van der Waals surface area contributed by atoms with Gasteiger partial charge in [0, 0.05) is 17.7 Å². The summed E-state index contributed by atoms with van der Waals surface area (Å²) in [6.07, 6.45) is 0.656. The summed E-state index contributed by atoms with van der Waals surface area (Å²) >= 11 is 0. The fourth-order valence-corrected chi connectivity index (χ4v) is 2.18. The van der Waals surface area contributed by atoms with Crippen LogP contribution in [0.2, 0.25) is 0 Å². The van der Waals surface area contributed by atoms with E-state index in [1.807, 2.05) is 56.3 Å². The SMILES string of the molecule is C=C(Cc1ccc(CO)cc1OC)c1ccccc1N.CC. The smallest absolute Gasteiger partial charge is 0.122 e. The minimum absolute atomic E-state index is 0.00319. The first-order chi connectivity index (χ1) is 10.7. The van der Waals surface area contributed by atoms with Crippen LogP contribution < -0.4 is 10.5 Å². The Labute approximate surface area is 133 Å². The van der Waals surface area contributed by atoms with E-state index in [0.717, 1.165) is 33.7 Å². The van der Waals surface area contributed by atoms with Gasteiger partial charge in [-0.15, -0.1) is 0 Å². The average molecular weight is 299 g/mol. The Morgan fingerprint density at radius 2 is 1.86 bits per heavy atom. The maximum atomic E-state index is 9.16. The van der Waals surface area contributed by atoms with Gasteiger partial charge in [0.25, 0.3) is 0 Å². The van der Waals surface area contributed by atoms with E-state index in [1.165, 1.54) is 0 Å². The van der Waals surface area contributed by atoms with Gasteiger partial charge in [-0.05, 0) is 28.8 Å². The van der Waals surface area contributed by atoms with Crippen LogP contribution in [0.4, 0.5) is 5.69 Å². The lowest BCUT2D eigenvalue weighted by Gasteiger charge is -2.13. The van der Waals surface area contributed by atoms with Crippen molar-refractivity contribution in [2.24, 2.45) is 0 Å². The minimum Gasteiger partial charge on any atom is -0.496 e. The molecule has 0 saturated carbocycles. The van der Waals surface area contributed by atoms with E-state index in [2.05, 4.69) is 6.58 Å². The molecule has 3 N–H and O–H groups in total. The van der Waals surface area contributed by atoms with Gasteiger partial charge in [-0.2, -0.15) is 0 Å². The summed E-state index contributed by atoms with van der Waals surface area (Å²) in [7, 11) is 1.62. The standard InChI is InChI=1S/C17H19NO2.C2H6/c1-12(15-5-3-4-6-16(15)18)9-14-8-7-13(11-19)10-17(14)20-2;1-2/h3-8,10,19H,1,9,11,18H2,2H3;1-2H3. The number of allylic oxidation sites excluding steroid dienone is 1. The minimum atomic E-state index is 0.00319. The van der Waals surface area contributed by atoms with Crippen molar-refractivity contribution in [3.8, 4) is 5.75 Å². The molecule has 0 atom stereocenters. The summed E-state index contributed by atoms with van der Waals surface area (Å²) in [6, 6.07) is 13.4. The van der Waals surface area contributed by atoms with Crippen LogP contribution in [0.15, 0.2) is 49.0 Å². The highest BCUT2D eigenvalue weighted by Gasteiger charge is 2.09. The molecule has 0 heterocycles. The molecule has 2 aromatic rings. The Morgan fingerprint density at radius 3 is 2.45 bits per heavy atom. The van der Waals surface area contributed by atoms with Crippen molar-refractivity contribution in [1.82, 2.24) is 0 Å². The predicted octanol–water partition coefficient (Wildman–Crippen LogP) is 4.05. The van der Waals surface area contributed by atoms with Gasteiger partial charge in [-0.25, -0.2) is 0 Å². The molecule has 22 heavy (non-hydrogen) atoms. The maximum Gasteiger partial charge on any atom is 0.122 e. The van der Waals surface area contributed by atoms with Gasteiger partial charge in [-0.1, -0.05) is 50.8 Å². The third-order valence-electron chi connectivity index (χ3n) is 3.28. The highest BCUT2D eigenvalue weighted by atomic mass is 16.5. The summed E-state index contributed by atoms with van der Waals surface area (Å²) in [6.45, 7) is 8.12. The Kier molecular flexibility index (Phi) is 7.20. The summed E-state index contributed by atoms with van der Waals surface area (Å²) in [5.41, 5.74) is 10.4. The number of nitrogens with two attached hydrogens (primary N) is 1. The Morgan fingerprint density at radius 1 is 1.18 bits per heavy atom. The maximum absolute atomic E-state index is 9.16. The van der Waals surface area contributed by atoms with Crippen LogP contribution in [0.3, 0.4) is 0 Å². The third kappa shape index (κ3) is 4.37.